The quantitative estimate of drug-likeness (QED) is 0.244. The average Bonchev–Trinajstić information content (AvgIpc) is 2.26. The van der Waals surface area contributed by atoms with E-state index in [9.17, 15) is 4.79 Å². The van der Waals surface area contributed by atoms with Crippen LogP contribution in [0.3, 0.4) is 0 Å². The molecule has 0 radical (unpaired) electrons. The zero-order chi connectivity index (χ0) is 12.9. The molecule has 0 heterocycles. The van der Waals surface area contributed by atoms with Crippen LogP contribution in [0.4, 0.5) is 0 Å². The zero-order valence-electron chi connectivity index (χ0n) is 11.3. The van der Waals surface area contributed by atoms with E-state index in [1.54, 1.807) is 0 Å². The molecule has 0 N–H and O–H groups in total. The van der Waals surface area contributed by atoms with E-state index in [2.05, 4.69) is 6.92 Å². The van der Waals surface area contributed by atoms with E-state index >= 15 is 0 Å². The summed E-state index contributed by atoms with van der Waals surface area (Å²) in [6.07, 6.45) is 12.4. The molecule has 0 saturated carbocycles. The first-order valence-corrected chi connectivity index (χ1v) is 7.41. The van der Waals surface area contributed by atoms with Gasteiger partial charge in [-0.1, -0.05) is 69.9 Å². The number of ether oxygens (including phenoxy) is 1. The summed E-state index contributed by atoms with van der Waals surface area (Å²) < 4.78 is 4.85. The van der Waals surface area contributed by atoms with Gasteiger partial charge in [-0.25, -0.2) is 0 Å². The molecular weight excluding hydrogens is 259 g/mol. The zero-order valence-corrected chi connectivity index (χ0v) is 12.1. The van der Waals surface area contributed by atoms with Gasteiger partial charge in [-0.05, 0) is 12.8 Å². The van der Waals surface area contributed by atoms with Gasteiger partial charge in [0.25, 0.3) is 0 Å². The number of hydrogen-bond acceptors (Lipinski definition) is 2. The van der Waals surface area contributed by atoms with Gasteiger partial charge in [0.2, 0.25) is 0 Å². The van der Waals surface area contributed by atoms with Gasteiger partial charge < -0.3 is 4.74 Å². The Morgan fingerprint density at radius 1 is 1.00 bits per heavy atom. The van der Waals surface area contributed by atoms with Crippen LogP contribution in [0.25, 0.3) is 0 Å². The van der Waals surface area contributed by atoms with Crippen LogP contribution < -0.4 is 0 Å². The monoisotopic (exact) mass is 286 g/mol. The molecule has 0 spiro atoms. The molecule has 0 aromatic rings. The van der Waals surface area contributed by atoms with E-state index in [1.165, 1.54) is 58.3 Å². The summed E-state index contributed by atoms with van der Waals surface area (Å²) in [6.45, 7) is 3.64. The van der Waals surface area contributed by atoms with Gasteiger partial charge >= 0.3 is 35.5 Å². The SMILES string of the molecule is CCCCCCCCCCCC(Cl)OC(C)=O.[NaH]. The van der Waals surface area contributed by atoms with Crippen molar-refractivity contribution in [1.29, 1.82) is 0 Å². The molecule has 2 nitrogen and oxygen atoms in total. The Labute approximate surface area is 139 Å². The summed E-state index contributed by atoms with van der Waals surface area (Å²) in [5.41, 5.74) is -0.433. The number of carbonyl (C=O) groups excluding carboxylic acids is 1. The van der Waals surface area contributed by atoms with E-state index in [1.807, 2.05) is 0 Å². The predicted molar refractivity (Wildman–Crippen MR) is 80.4 cm³/mol. The molecule has 0 saturated heterocycles. The number of hydrogen-bond donors (Lipinski definition) is 0. The first-order valence-electron chi connectivity index (χ1n) is 6.98. The number of alkyl halides is 1. The van der Waals surface area contributed by atoms with Crippen LogP contribution in [0.2, 0.25) is 0 Å². The maximum atomic E-state index is 10.6. The van der Waals surface area contributed by atoms with Crippen molar-refractivity contribution >= 4 is 47.1 Å². The van der Waals surface area contributed by atoms with Crippen LogP contribution in [-0.4, -0.2) is 41.1 Å². The molecule has 0 bridgehead atoms. The molecule has 104 valence electrons. The van der Waals surface area contributed by atoms with Crippen molar-refractivity contribution < 1.29 is 9.53 Å². The second kappa shape index (κ2) is 15.8. The Bertz CT molecular complexity index is 189. The summed E-state index contributed by atoms with van der Waals surface area (Å²) in [5.74, 6) is -0.291. The first-order chi connectivity index (χ1) is 8.16. The Morgan fingerprint density at radius 3 is 1.89 bits per heavy atom. The van der Waals surface area contributed by atoms with Crippen LogP contribution in [0.15, 0.2) is 0 Å². The van der Waals surface area contributed by atoms with Gasteiger partial charge in [-0.2, -0.15) is 0 Å². The van der Waals surface area contributed by atoms with Gasteiger partial charge in [0.1, 0.15) is 0 Å². The van der Waals surface area contributed by atoms with Crippen LogP contribution in [0.1, 0.15) is 78.1 Å². The Balaban J connectivity index is 0. The van der Waals surface area contributed by atoms with Gasteiger partial charge in [-0.3, -0.25) is 4.79 Å². The molecule has 0 aliphatic rings. The third kappa shape index (κ3) is 16.8. The van der Waals surface area contributed by atoms with Crippen molar-refractivity contribution in [3.8, 4) is 0 Å². The molecule has 0 aromatic carbocycles. The Morgan fingerprint density at radius 2 is 1.44 bits per heavy atom. The Hall–Kier alpha value is 0.760. The number of rotatable bonds is 11. The molecule has 1 atom stereocenters. The van der Waals surface area contributed by atoms with E-state index in [4.69, 9.17) is 16.3 Å². The van der Waals surface area contributed by atoms with Crippen LogP contribution in [0.5, 0.6) is 0 Å². The summed E-state index contributed by atoms with van der Waals surface area (Å²) >= 11 is 5.83. The third-order valence-corrected chi connectivity index (χ3v) is 3.14. The first kappa shape index (κ1) is 21.1. The van der Waals surface area contributed by atoms with Gasteiger partial charge in [0, 0.05) is 6.92 Å². The number of unbranched alkanes of at least 4 members (excludes halogenated alkanes) is 8. The molecule has 0 fully saturated rings. The van der Waals surface area contributed by atoms with E-state index < -0.39 is 5.56 Å². The summed E-state index contributed by atoms with van der Waals surface area (Å²) in [5, 5.41) is 0. The van der Waals surface area contributed by atoms with Gasteiger partial charge in [0.15, 0.2) is 5.56 Å². The molecular formula is C14H28ClNaO2. The van der Waals surface area contributed by atoms with Crippen LogP contribution in [0, 0.1) is 0 Å². The topological polar surface area (TPSA) is 26.3 Å². The molecule has 0 rings (SSSR count). The second-order valence-electron chi connectivity index (χ2n) is 4.64. The van der Waals surface area contributed by atoms with Crippen molar-refractivity contribution in [2.45, 2.75) is 83.6 Å². The molecule has 0 aliphatic carbocycles. The van der Waals surface area contributed by atoms with E-state index in [0.29, 0.717) is 0 Å². The normalized spacial score (nSPS) is 11.7. The fourth-order valence-electron chi connectivity index (χ4n) is 1.85. The van der Waals surface area contributed by atoms with Crippen LogP contribution in [-0.2, 0) is 9.53 Å². The Kier molecular flexibility index (Phi) is 18.5. The minimum atomic E-state index is -0.433. The van der Waals surface area contributed by atoms with E-state index in [0.717, 1.165) is 12.8 Å². The fourth-order valence-corrected chi connectivity index (χ4v) is 2.13. The summed E-state index contributed by atoms with van der Waals surface area (Å²) in [4.78, 5) is 10.6. The van der Waals surface area contributed by atoms with Crippen molar-refractivity contribution in [3.05, 3.63) is 0 Å². The van der Waals surface area contributed by atoms with Crippen molar-refractivity contribution in [2.24, 2.45) is 0 Å². The third-order valence-electron chi connectivity index (χ3n) is 2.83. The molecule has 0 aliphatic heterocycles. The molecule has 4 heteroatoms. The minimum absolute atomic E-state index is 0. The molecule has 18 heavy (non-hydrogen) atoms. The van der Waals surface area contributed by atoms with Crippen LogP contribution >= 0.6 is 11.6 Å². The molecule has 0 amide bonds. The summed E-state index contributed by atoms with van der Waals surface area (Å²) in [7, 11) is 0. The van der Waals surface area contributed by atoms with E-state index in [-0.39, 0.29) is 35.5 Å². The molecule has 1 unspecified atom stereocenters. The number of carbonyl (C=O) groups is 1. The fraction of sp³-hybridized carbons (Fsp3) is 0.929. The second-order valence-corrected chi connectivity index (χ2v) is 5.12. The molecule has 0 aromatic heterocycles. The maximum absolute atomic E-state index is 10.6. The van der Waals surface area contributed by atoms with Gasteiger partial charge in [0.05, 0.1) is 0 Å². The predicted octanol–water partition coefficient (Wildman–Crippen LogP) is 4.39. The summed E-state index contributed by atoms with van der Waals surface area (Å²) in [6, 6.07) is 0. The average molecular weight is 287 g/mol. The number of esters is 1. The van der Waals surface area contributed by atoms with Crippen molar-refractivity contribution in [3.63, 3.8) is 0 Å². The van der Waals surface area contributed by atoms with Gasteiger partial charge in [-0.15, -0.1) is 0 Å². The standard InChI is InChI=1S/C14H27ClO2.Na.H/c1-3-4-5-6-7-8-9-10-11-12-14(15)17-13(2)16;;/h14H,3-12H2,1-2H3;;. The van der Waals surface area contributed by atoms with Crippen molar-refractivity contribution in [2.75, 3.05) is 0 Å². The van der Waals surface area contributed by atoms with Crippen molar-refractivity contribution in [1.82, 2.24) is 0 Å². The number of halogens is 1.